The van der Waals surface area contributed by atoms with Crippen molar-refractivity contribution in [3.63, 3.8) is 0 Å². The van der Waals surface area contributed by atoms with Gasteiger partial charge in [0, 0.05) is 24.4 Å². The summed E-state index contributed by atoms with van der Waals surface area (Å²) in [6, 6.07) is 3.56. The first kappa shape index (κ1) is 9.83. The second-order valence-electron chi connectivity index (χ2n) is 3.43. The van der Waals surface area contributed by atoms with Crippen molar-refractivity contribution in [1.29, 1.82) is 0 Å². The van der Waals surface area contributed by atoms with Crippen LogP contribution in [0.4, 0.5) is 8.78 Å². The highest BCUT2D eigenvalue weighted by atomic mass is 19.1. The van der Waals surface area contributed by atoms with Gasteiger partial charge in [-0.15, -0.1) is 0 Å². The molecule has 0 aliphatic heterocycles. The van der Waals surface area contributed by atoms with Crippen molar-refractivity contribution in [1.82, 2.24) is 9.97 Å². The van der Waals surface area contributed by atoms with Crippen LogP contribution in [0.1, 0.15) is 17.1 Å². The smallest absolute Gasteiger partial charge is 0.129 e. The topological polar surface area (TPSA) is 28.7 Å². The molecular formula is C11H10F2N2. The van der Waals surface area contributed by atoms with Gasteiger partial charge in [-0.25, -0.2) is 13.8 Å². The van der Waals surface area contributed by atoms with Gasteiger partial charge in [-0.2, -0.15) is 0 Å². The zero-order chi connectivity index (χ0) is 10.8. The number of imidazole rings is 1. The molecule has 0 spiro atoms. The molecule has 4 heteroatoms. The summed E-state index contributed by atoms with van der Waals surface area (Å²) in [5.41, 5.74) is 1.36. The van der Waals surface area contributed by atoms with Crippen LogP contribution in [0, 0.1) is 18.6 Å². The van der Waals surface area contributed by atoms with Crippen molar-refractivity contribution >= 4 is 0 Å². The molecule has 15 heavy (non-hydrogen) atoms. The molecule has 0 unspecified atom stereocenters. The van der Waals surface area contributed by atoms with Gasteiger partial charge in [-0.3, -0.25) is 0 Å². The second kappa shape index (κ2) is 3.81. The van der Waals surface area contributed by atoms with E-state index in [0.29, 0.717) is 17.8 Å². The standard InChI is InChI=1S/C11H10F2N2/c1-7-6-14-11(15-7)4-8-2-3-9(12)5-10(8)13/h2-3,5-6H,4H2,1H3,(H,14,15). The average molecular weight is 208 g/mol. The second-order valence-corrected chi connectivity index (χ2v) is 3.43. The van der Waals surface area contributed by atoms with Crippen LogP contribution >= 0.6 is 0 Å². The molecule has 1 N–H and O–H groups in total. The van der Waals surface area contributed by atoms with E-state index in [1.54, 1.807) is 6.20 Å². The minimum absolute atomic E-state index is 0.347. The lowest BCUT2D eigenvalue weighted by atomic mass is 10.1. The van der Waals surface area contributed by atoms with Gasteiger partial charge in [0.25, 0.3) is 0 Å². The molecule has 2 rings (SSSR count). The Morgan fingerprint density at radius 2 is 2.13 bits per heavy atom. The van der Waals surface area contributed by atoms with E-state index in [9.17, 15) is 8.78 Å². The largest absolute Gasteiger partial charge is 0.346 e. The minimum atomic E-state index is -0.563. The molecule has 0 amide bonds. The number of halogens is 2. The van der Waals surface area contributed by atoms with E-state index in [2.05, 4.69) is 9.97 Å². The van der Waals surface area contributed by atoms with Gasteiger partial charge in [-0.1, -0.05) is 6.07 Å². The first-order valence-corrected chi connectivity index (χ1v) is 4.59. The number of aryl methyl sites for hydroxylation is 1. The number of rotatable bonds is 2. The average Bonchev–Trinajstić information content (AvgIpc) is 2.56. The number of hydrogen-bond donors (Lipinski definition) is 1. The Bertz CT molecular complexity index is 477. The molecule has 78 valence electrons. The molecule has 0 saturated heterocycles. The highest BCUT2D eigenvalue weighted by molar-refractivity contribution is 5.22. The Hall–Kier alpha value is -1.71. The van der Waals surface area contributed by atoms with Crippen LogP contribution in [-0.4, -0.2) is 9.97 Å². The maximum Gasteiger partial charge on any atom is 0.129 e. The molecule has 0 radical (unpaired) electrons. The Morgan fingerprint density at radius 1 is 1.33 bits per heavy atom. The fraction of sp³-hybridized carbons (Fsp3) is 0.182. The SMILES string of the molecule is Cc1cnc(Cc2ccc(F)cc2F)[nH]1. The van der Waals surface area contributed by atoms with E-state index < -0.39 is 11.6 Å². The van der Waals surface area contributed by atoms with Crippen LogP contribution in [-0.2, 0) is 6.42 Å². The van der Waals surface area contributed by atoms with Crippen LogP contribution in [0.5, 0.6) is 0 Å². The maximum atomic E-state index is 13.3. The van der Waals surface area contributed by atoms with Gasteiger partial charge in [0.05, 0.1) is 0 Å². The number of aromatic amines is 1. The number of benzene rings is 1. The lowest BCUT2D eigenvalue weighted by Crippen LogP contribution is -1.95. The van der Waals surface area contributed by atoms with Crippen molar-refractivity contribution in [3.05, 3.63) is 53.1 Å². The van der Waals surface area contributed by atoms with E-state index >= 15 is 0 Å². The predicted molar refractivity (Wildman–Crippen MR) is 52.5 cm³/mol. The summed E-state index contributed by atoms with van der Waals surface area (Å²) in [6.07, 6.45) is 2.02. The van der Waals surface area contributed by atoms with Crippen LogP contribution in [0.3, 0.4) is 0 Å². The summed E-state index contributed by atoms with van der Waals surface area (Å²) < 4.78 is 25.9. The van der Waals surface area contributed by atoms with Gasteiger partial charge in [0.2, 0.25) is 0 Å². The molecule has 0 fully saturated rings. The fourth-order valence-corrected chi connectivity index (χ4v) is 1.40. The van der Waals surface area contributed by atoms with E-state index in [0.717, 1.165) is 11.8 Å². The molecular weight excluding hydrogens is 198 g/mol. The van der Waals surface area contributed by atoms with Gasteiger partial charge in [0.1, 0.15) is 17.5 Å². The lowest BCUT2D eigenvalue weighted by Gasteiger charge is -2.00. The predicted octanol–water partition coefficient (Wildman–Crippen LogP) is 2.59. The number of hydrogen-bond acceptors (Lipinski definition) is 1. The number of nitrogens with zero attached hydrogens (tertiary/aromatic N) is 1. The molecule has 0 saturated carbocycles. The van der Waals surface area contributed by atoms with Crippen LogP contribution in [0.15, 0.2) is 24.4 Å². The molecule has 0 aliphatic carbocycles. The van der Waals surface area contributed by atoms with E-state index in [4.69, 9.17) is 0 Å². The molecule has 2 aromatic rings. The summed E-state index contributed by atoms with van der Waals surface area (Å²) in [7, 11) is 0. The maximum absolute atomic E-state index is 13.3. The van der Waals surface area contributed by atoms with Crippen molar-refractivity contribution < 1.29 is 8.78 Å². The van der Waals surface area contributed by atoms with Crippen LogP contribution < -0.4 is 0 Å². The summed E-state index contributed by atoms with van der Waals surface area (Å²) in [6.45, 7) is 1.87. The zero-order valence-electron chi connectivity index (χ0n) is 8.22. The third kappa shape index (κ3) is 2.21. The monoisotopic (exact) mass is 208 g/mol. The summed E-state index contributed by atoms with van der Waals surface area (Å²) in [4.78, 5) is 7.05. The molecule has 1 aromatic carbocycles. The number of aromatic nitrogens is 2. The lowest BCUT2D eigenvalue weighted by molar-refractivity contribution is 0.573. The first-order valence-electron chi connectivity index (χ1n) is 4.59. The molecule has 0 atom stereocenters. The van der Waals surface area contributed by atoms with Crippen LogP contribution in [0.2, 0.25) is 0 Å². The van der Waals surface area contributed by atoms with Crippen LogP contribution in [0.25, 0.3) is 0 Å². The number of H-pyrrole nitrogens is 1. The fourth-order valence-electron chi connectivity index (χ4n) is 1.40. The van der Waals surface area contributed by atoms with Crippen molar-refractivity contribution in [3.8, 4) is 0 Å². The van der Waals surface area contributed by atoms with Crippen molar-refractivity contribution in [2.45, 2.75) is 13.3 Å². The normalized spacial score (nSPS) is 10.6. The Labute approximate surface area is 86.0 Å². The van der Waals surface area contributed by atoms with Gasteiger partial charge in [-0.05, 0) is 18.6 Å². The van der Waals surface area contributed by atoms with Gasteiger partial charge >= 0.3 is 0 Å². The summed E-state index contributed by atoms with van der Waals surface area (Å²) >= 11 is 0. The van der Waals surface area contributed by atoms with Gasteiger partial charge in [0.15, 0.2) is 0 Å². The third-order valence-corrected chi connectivity index (χ3v) is 2.13. The first-order chi connectivity index (χ1) is 7.15. The van der Waals surface area contributed by atoms with E-state index in [-0.39, 0.29) is 0 Å². The van der Waals surface area contributed by atoms with Gasteiger partial charge < -0.3 is 4.98 Å². The molecule has 1 aromatic heterocycles. The highest BCUT2D eigenvalue weighted by Gasteiger charge is 2.06. The highest BCUT2D eigenvalue weighted by Crippen LogP contribution is 2.12. The third-order valence-electron chi connectivity index (χ3n) is 2.13. The summed E-state index contributed by atoms with van der Waals surface area (Å²) in [5.74, 6) is -0.422. The summed E-state index contributed by atoms with van der Waals surface area (Å²) in [5, 5.41) is 0. The van der Waals surface area contributed by atoms with E-state index in [1.807, 2.05) is 6.92 Å². The molecule has 1 heterocycles. The molecule has 0 aliphatic rings. The Kier molecular flexibility index (Phi) is 2.49. The van der Waals surface area contributed by atoms with E-state index in [1.165, 1.54) is 12.1 Å². The van der Waals surface area contributed by atoms with Crippen molar-refractivity contribution in [2.75, 3.05) is 0 Å². The Morgan fingerprint density at radius 3 is 2.73 bits per heavy atom. The minimum Gasteiger partial charge on any atom is -0.346 e. The van der Waals surface area contributed by atoms with Crippen molar-refractivity contribution in [2.24, 2.45) is 0 Å². The Balaban J connectivity index is 2.24. The zero-order valence-corrected chi connectivity index (χ0v) is 8.22. The number of nitrogens with one attached hydrogen (secondary N) is 1. The quantitative estimate of drug-likeness (QED) is 0.807. The molecule has 2 nitrogen and oxygen atoms in total. The molecule has 0 bridgehead atoms.